The molecule has 1 heterocycles. The molecule has 1 fully saturated rings. The molecule has 0 bridgehead atoms. The maximum atomic E-state index is 11.3. The van der Waals surface area contributed by atoms with Gasteiger partial charge in [-0.2, -0.15) is 0 Å². The van der Waals surface area contributed by atoms with Crippen LogP contribution in [0.5, 0.6) is 0 Å². The van der Waals surface area contributed by atoms with Crippen molar-refractivity contribution in [3.63, 3.8) is 0 Å². The summed E-state index contributed by atoms with van der Waals surface area (Å²) in [5, 5.41) is 3.26. The monoisotopic (exact) mass is 297 g/mol. The van der Waals surface area contributed by atoms with E-state index < -0.39 is 9.84 Å². The number of hydrogen-bond acceptors (Lipinski definition) is 5. The van der Waals surface area contributed by atoms with Gasteiger partial charge in [-0.3, -0.25) is 0 Å². The van der Waals surface area contributed by atoms with Crippen molar-refractivity contribution in [1.29, 1.82) is 0 Å². The zero-order chi connectivity index (χ0) is 14.6. The number of hydrogen-bond donors (Lipinski definition) is 1. The summed E-state index contributed by atoms with van der Waals surface area (Å²) in [6, 6.07) is 7.18. The lowest BCUT2D eigenvalue weighted by Crippen LogP contribution is -2.23. The minimum absolute atomic E-state index is 0.217. The number of benzene rings is 1. The van der Waals surface area contributed by atoms with Crippen LogP contribution in [-0.2, 0) is 21.1 Å². The van der Waals surface area contributed by atoms with E-state index in [-0.39, 0.29) is 11.9 Å². The number of carbonyl (C=O) groups is 1. The highest BCUT2D eigenvalue weighted by Crippen LogP contribution is 2.17. The van der Waals surface area contributed by atoms with E-state index in [1.165, 1.54) is 7.11 Å². The highest BCUT2D eigenvalue weighted by molar-refractivity contribution is 7.91. The second-order valence-electron chi connectivity index (χ2n) is 5.09. The molecule has 0 saturated carbocycles. The molecule has 1 aromatic rings. The van der Waals surface area contributed by atoms with E-state index >= 15 is 0 Å². The molecule has 20 heavy (non-hydrogen) atoms. The number of nitrogens with one attached hydrogen (secondary N) is 1. The molecule has 0 radical (unpaired) electrons. The Kier molecular flexibility index (Phi) is 4.77. The molecule has 2 rings (SSSR count). The Bertz CT molecular complexity index is 565. The van der Waals surface area contributed by atoms with Gasteiger partial charge in [0, 0.05) is 6.54 Å². The molecule has 5 nitrogen and oxygen atoms in total. The Morgan fingerprint density at radius 2 is 2.05 bits per heavy atom. The Morgan fingerprint density at radius 3 is 2.60 bits per heavy atom. The van der Waals surface area contributed by atoms with Crippen LogP contribution in [0.15, 0.2) is 24.3 Å². The molecule has 1 aliphatic rings. The number of rotatable bonds is 5. The van der Waals surface area contributed by atoms with Crippen LogP contribution in [0.25, 0.3) is 0 Å². The zero-order valence-electron chi connectivity index (χ0n) is 11.5. The third-order valence-electron chi connectivity index (χ3n) is 3.46. The van der Waals surface area contributed by atoms with Crippen LogP contribution < -0.4 is 5.32 Å². The van der Waals surface area contributed by atoms with Crippen LogP contribution in [0.4, 0.5) is 0 Å². The van der Waals surface area contributed by atoms with Crippen molar-refractivity contribution in [2.45, 2.75) is 13.0 Å². The van der Waals surface area contributed by atoms with Crippen molar-refractivity contribution in [1.82, 2.24) is 5.32 Å². The number of esters is 1. The fraction of sp³-hybridized carbons (Fsp3) is 0.500. The summed E-state index contributed by atoms with van der Waals surface area (Å²) in [4.78, 5) is 11.3. The lowest BCUT2D eigenvalue weighted by Gasteiger charge is -2.09. The Morgan fingerprint density at radius 1 is 1.35 bits per heavy atom. The van der Waals surface area contributed by atoms with Gasteiger partial charge in [-0.15, -0.1) is 0 Å². The molecule has 1 aromatic carbocycles. The maximum absolute atomic E-state index is 11.3. The molecule has 0 spiro atoms. The van der Waals surface area contributed by atoms with Gasteiger partial charge in [-0.1, -0.05) is 12.1 Å². The van der Waals surface area contributed by atoms with Crippen LogP contribution in [0.2, 0.25) is 0 Å². The third-order valence-corrected chi connectivity index (χ3v) is 5.30. The van der Waals surface area contributed by atoms with Gasteiger partial charge in [-0.05, 0) is 36.6 Å². The molecule has 1 N–H and O–H groups in total. The summed E-state index contributed by atoms with van der Waals surface area (Å²) in [5.74, 6) is 0.476. The molecule has 1 aliphatic heterocycles. The highest BCUT2D eigenvalue weighted by atomic mass is 32.2. The molecular weight excluding hydrogens is 278 g/mol. The fourth-order valence-electron chi connectivity index (χ4n) is 2.33. The van der Waals surface area contributed by atoms with Crippen LogP contribution in [0.3, 0.4) is 0 Å². The van der Waals surface area contributed by atoms with Crippen molar-refractivity contribution in [3.8, 4) is 0 Å². The normalized spacial score (nSPS) is 20.8. The summed E-state index contributed by atoms with van der Waals surface area (Å²) in [7, 11) is -1.45. The Balaban J connectivity index is 1.79. The number of sulfone groups is 1. The van der Waals surface area contributed by atoms with Gasteiger partial charge < -0.3 is 10.1 Å². The van der Waals surface area contributed by atoms with Crippen LogP contribution in [0, 0.1) is 5.92 Å². The first kappa shape index (κ1) is 15.0. The van der Waals surface area contributed by atoms with E-state index in [1.807, 2.05) is 12.1 Å². The van der Waals surface area contributed by atoms with Gasteiger partial charge in [-0.25, -0.2) is 13.2 Å². The standard InChI is InChI=1S/C14H19NO4S/c1-19-14(16)13-4-2-11(3-5-13)8-15-9-12-6-7-20(17,18)10-12/h2-5,12,15H,6-10H2,1H3. The number of methoxy groups -OCH3 is 1. The van der Waals surface area contributed by atoms with Gasteiger partial charge in [0.2, 0.25) is 0 Å². The maximum Gasteiger partial charge on any atom is 0.337 e. The third kappa shape index (κ3) is 4.05. The summed E-state index contributed by atoms with van der Waals surface area (Å²) >= 11 is 0. The van der Waals surface area contributed by atoms with Gasteiger partial charge in [0.25, 0.3) is 0 Å². The highest BCUT2D eigenvalue weighted by Gasteiger charge is 2.27. The fourth-order valence-corrected chi connectivity index (χ4v) is 4.19. The molecule has 1 atom stereocenters. The van der Waals surface area contributed by atoms with E-state index in [2.05, 4.69) is 10.1 Å². The predicted octanol–water partition coefficient (Wildman–Crippen LogP) is 0.997. The van der Waals surface area contributed by atoms with E-state index in [4.69, 9.17) is 0 Å². The lowest BCUT2D eigenvalue weighted by atomic mass is 10.1. The SMILES string of the molecule is COC(=O)c1ccc(CNCC2CCS(=O)(=O)C2)cc1. The van der Waals surface area contributed by atoms with Gasteiger partial charge in [0.15, 0.2) is 9.84 Å². The van der Waals surface area contributed by atoms with E-state index in [0.29, 0.717) is 30.2 Å². The number of ether oxygens (including phenoxy) is 1. The quantitative estimate of drug-likeness (QED) is 0.821. The Hall–Kier alpha value is -1.40. The van der Waals surface area contributed by atoms with Gasteiger partial charge in [0.1, 0.15) is 0 Å². The van der Waals surface area contributed by atoms with E-state index in [0.717, 1.165) is 12.0 Å². The first-order valence-electron chi connectivity index (χ1n) is 6.58. The Labute approximate surface area is 119 Å². The van der Waals surface area contributed by atoms with Crippen LogP contribution in [-0.4, -0.2) is 39.5 Å². The second-order valence-corrected chi connectivity index (χ2v) is 7.32. The topological polar surface area (TPSA) is 72.5 Å². The predicted molar refractivity (Wildman–Crippen MR) is 76.2 cm³/mol. The van der Waals surface area contributed by atoms with Gasteiger partial charge >= 0.3 is 5.97 Å². The first-order chi connectivity index (χ1) is 9.50. The summed E-state index contributed by atoms with van der Waals surface area (Å²) in [6.45, 7) is 1.37. The number of carbonyl (C=O) groups excluding carboxylic acids is 1. The first-order valence-corrected chi connectivity index (χ1v) is 8.41. The van der Waals surface area contributed by atoms with Crippen molar-refractivity contribution < 1.29 is 17.9 Å². The minimum Gasteiger partial charge on any atom is -0.465 e. The van der Waals surface area contributed by atoms with E-state index in [9.17, 15) is 13.2 Å². The lowest BCUT2D eigenvalue weighted by molar-refractivity contribution is 0.0600. The average molecular weight is 297 g/mol. The smallest absolute Gasteiger partial charge is 0.337 e. The second kappa shape index (κ2) is 6.37. The van der Waals surface area contributed by atoms with Crippen molar-refractivity contribution in [3.05, 3.63) is 35.4 Å². The molecule has 0 aromatic heterocycles. The summed E-state index contributed by atoms with van der Waals surface area (Å²) in [5.41, 5.74) is 1.58. The zero-order valence-corrected chi connectivity index (χ0v) is 12.3. The minimum atomic E-state index is -2.80. The van der Waals surface area contributed by atoms with Crippen molar-refractivity contribution >= 4 is 15.8 Å². The van der Waals surface area contributed by atoms with Crippen molar-refractivity contribution in [2.24, 2.45) is 5.92 Å². The molecule has 6 heteroatoms. The van der Waals surface area contributed by atoms with E-state index in [1.54, 1.807) is 12.1 Å². The molecule has 0 amide bonds. The van der Waals surface area contributed by atoms with Gasteiger partial charge in [0.05, 0.1) is 24.2 Å². The van der Waals surface area contributed by atoms with Crippen LogP contribution in [0.1, 0.15) is 22.3 Å². The van der Waals surface area contributed by atoms with Crippen molar-refractivity contribution in [2.75, 3.05) is 25.2 Å². The summed E-state index contributed by atoms with van der Waals surface area (Å²) in [6.07, 6.45) is 0.747. The summed E-state index contributed by atoms with van der Waals surface area (Å²) < 4.78 is 27.3. The molecular formula is C14H19NO4S. The largest absolute Gasteiger partial charge is 0.465 e. The molecule has 1 unspecified atom stereocenters. The van der Waals surface area contributed by atoms with Crippen LogP contribution >= 0.6 is 0 Å². The molecule has 110 valence electrons. The molecule has 1 saturated heterocycles. The molecule has 0 aliphatic carbocycles. The average Bonchev–Trinajstić information content (AvgIpc) is 2.78.